The number of carbonyl (C=O) groups is 1. The molecule has 1 saturated carbocycles. The van der Waals surface area contributed by atoms with E-state index in [0.717, 1.165) is 38.8 Å². The monoisotopic (exact) mass is 226 g/mol. The van der Waals surface area contributed by atoms with Gasteiger partial charge in [0.25, 0.3) is 0 Å². The maximum atomic E-state index is 12.2. The van der Waals surface area contributed by atoms with Crippen LogP contribution in [0.4, 0.5) is 0 Å². The Balaban J connectivity index is 2.40. The van der Waals surface area contributed by atoms with Gasteiger partial charge in [-0.3, -0.25) is 4.79 Å². The molecule has 0 saturated heterocycles. The zero-order valence-electron chi connectivity index (χ0n) is 10.7. The second-order valence-electron chi connectivity index (χ2n) is 5.08. The molecule has 0 aromatic rings. The van der Waals surface area contributed by atoms with Gasteiger partial charge < -0.3 is 10.6 Å². The molecule has 3 heteroatoms. The number of carbonyl (C=O) groups excluding carboxylic acids is 1. The predicted molar refractivity (Wildman–Crippen MR) is 67.0 cm³/mol. The molecule has 2 unspecified atom stereocenters. The van der Waals surface area contributed by atoms with Gasteiger partial charge in [0.2, 0.25) is 5.91 Å². The molecular formula is C13H26N2O. The zero-order chi connectivity index (χ0) is 12.0. The number of rotatable bonds is 5. The van der Waals surface area contributed by atoms with Crippen LogP contribution in [-0.4, -0.2) is 30.9 Å². The van der Waals surface area contributed by atoms with Crippen LogP contribution in [0.5, 0.6) is 0 Å². The first kappa shape index (κ1) is 13.5. The SMILES string of the molecule is CCCCN(C)C(=O)C1CCCC(CN)C1. The summed E-state index contributed by atoms with van der Waals surface area (Å²) < 4.78 is 0. The molecule has 1 rings (SSSR count). The van der Waals surface area contributed by atoms with E-state index in [9.17, 15) is 4.79 Å². The minimum atomic E-state index is 0.240. The molecule has 2 N–H and O–H groups in total. The minimum absolute atomic E-state index is 0.240. The maximum Gasteiger partial charge on any atom is 0.225 e. The summed E-state index contributed by atoms with van der Waals surface area (Å²) in [4.78, 5) is 14.1. The molecule has 1 fully saturated rings. The Labute approximate surface area is 99.4 Å². The molecule has 0 heterocycles. The molecule has 1 aliphatic carbocycles. The van der Waals surface area contributed by atoms with E-state index in [1.165, 1.54) is 12.8 Å². The highest BCUT2D eigenvalue weighted by Crippen LogP contribution is 2.29. The van der Waals surface area contributed by atoms with Crippen molar-refractivity contribution in [2.75, 3.05) is 20.1 Å². The van der Waals surface area contributed by atoms with E-state index in [2.05, 4.69) is 6.92 Å². The van der Waals surface area contributed by atoms with Gasteiger partial charge in [0.1, 0.15) is 0 Å². The first-order valence-corrected chi connectivity index (χ1v) is 6.64. The van der Waals surface area contributed by atoms with Crippen LogP contribution in [-0.2, 0) is 4.79 Å². The lowest BCUT2D eigenvalue weighted by Crippen LogP contribution is -2.37. The van der Waals surface area contributed by atoms with Crippen molar-refractivity contribution >= 4 is 5.91 Å². The first-order chi connectivity index (χ1) is 7.69. The Morgan fingerprint density at radius 2 is 2.19 bits per heavy atom. The molecule has 0 aliphatic heterocycles. The first-order valence-electron chi connectivity index (χ1n) is 6.64. The van der Waals surface area contributed by atoms with Crippen molar-refractivity contribution in [3.05, 3.63) is 0 Å². The van der Waals surface area contributed by atoms with Crippen LogP contribution in [0.25, 0.3) is 0 Å². The Hall–Kier alpha value is -0.570. The number of nitrogens with two attached hydrogens (primary N) is 1. The zero-order valence-corrected chi connectivity index (χ0v) is 10.7. The molecular weight excluding hydrogens is 200 g/mol. The van der Waals surface area contributed by atoms with Gasteiger partial charge in [0.05, 0.1) is 0 Å². The Morgan fingerprint density at radius 1 is 1.44 bits per heavy atom. The second kappa shape index (κ2) is 6.89. The number of amides is 1. The molecule has 16 heavy (non-hydrogen) atoms. The van der Waals surface area contributed by atoms with Crippen molar-refractivity contribution in [3.8, 4) is 0 Å². The quantitative estimate of drug-likeness (QED) is 0.779. The number of unbranched alkanes of at least 4 members (excludes halogenated alkanes) is 1. The largest absolute Gasteiger partial charge is 0.346 e. The van der Waals surface area contributed by atoms with Crippen LogP contribution in [0.2, 0.25) is 0 Å². The fourth-order valence-electron chi connectivity index (χ4n) is 2.55. The Kier molecular flexibility index (Phi) is 5.81. The molecule has 3 nitrogen and oxygen atoms in total. The molecule has 1 aliphatic rings. The van der Waals surface area contributed by atoms with Crippen LogP contribution < -0.4 is 5.73 Å². The molecule has 0 spiro atoms. The number of hydrogen-bond donors (Lipinski definition) is 1. The molecule has 0 radical (unpaired) electrons. The van der Waals surface area contributed by atoms with Gasteiger partial charge in [-0.25, -0.2) is 0 Å². The normalized spacial score (nSPS) is 25.4. The molecule has 0 aromatic heterocycles. The molecule has 0 aromatic carbocycles. The van der Waals surface area contributed by atoms with Crippen molar-refractivity contribution in [2.45, 2.75) is 45.4 Å². The van der Waals surface area contributed by atoms with Gasteiger partial charge in [0.15, 0.2) is 0 Å². The summed E-state index contributed by atoms with van der Waals surface area (Å²) in [6, 6.07) is 0. The Bertz CT molecular complexity index is 218. The molecule has 94 valence electrons. The summed E-state index contributed by atoms with van der Waals surface area (Å²) in [7, 11) is 1.93. The van der Waals surface area contributed by atoms with Gasteiger partial charge in [-0.2, -0.15) is 0 Å². The van der Waals surface area contributed by atoms with Gasteiger partial charge in [-0.1, -0.05) is 19.8 Å². The third kappa shape index (κ3) is 3.78. The predicted octanol–water partition coefficient (Wildman–Crippen LogP) is 2.01. The van der Waals surface area contributed by atoms with E-state index in [4.69, 9.17) is 5.73 Å². The van der Waals surface area contributed by atoms with Gasteiger partial charge >= 0.3 is 0 Å². The highest BCUT2D eigenvalue weighted by Gasteiger charge is 2.28. The summed E-state index contributed by atoms with van der Waals surface area (Å²) in [6.45, 7) is 3.80. The fraction of sp³-hybridized carbons (Fsp3) is 0.923. The average molecular weight is 226 g/mol. The summed E-state index contributed by atoms with van der Waals surface area (Å²) >= 11 is 0. The van der Waals surface area contributed by atoms with Crippen molar-refractivity contribution in [3.63, 3.8) is 0 Å². The molecule has 2 atom stereocenters. The third-order valence-corrected chi connectivity index (χ3v) is 3.69. The average Bonchev–Trinajstić information content (AvgIpc) is 2.35. The van der Waals surface area contributed by atoms with E-state index in [-0.39, 0.29) is 5.92 Å². The van der Waals surface area contributed by atoms with Crippen molar-refractivity contribution in [1.29, 1.82) is 0 Å². The lowest BCUT2D eigenvalue weighted by molar-refractivity contribution is -0.135. The van der Waals surface area contributed by atoms with Gasteiger partial charge in [-0.15, -0.1) is 0 Å². The Morgan fingerprint density at radius 3 is 2.81 bits per heavy atom. The van der Waals surface area contributed by atoms with E-state index in [1.54, 1.807) is 0 Å². The highest BCUT2D eigenvalue weighted by atomic mass is 16.2. The van der Waals surface area contributed by atoms with E-state index < -0.39 is 0 Å². The van der Waals surface area contributed by atoms with Gasteiger partial charge in [-0.05, 0) is 38.1 Å². The smallest absolute Gasteiger partial charge is 0.225 e. The molecule has 0 bridgehead atoms. The molecule has 1 amide bonds. The lowest BCUT2D eigenvalue weighted by Gasteiger charge is -2.30. The minimum Gasteiger partial charge on any atom is -0.346 e. The number of nitrogens with zero attached hydrogens (tertiary/aromatic N) is 1. The van der Waals surface area contributed by atoms with Crippen molar-refractivity contribution < 1.29 is 4.79 Å². The van der Waals surface area contributed by atoms with E-state index in [0.29, 0.717) is 11.8 Å². The van der Waals surface area contributed by atoms with Crippen molar-refractivity contribution in [2.24, 2.45) is 17.6 Å². The summed E-state index contributed by atoms with van der Waals surface area (Å²) in [5, 5.41) is 0. The second-order valence-corrected chi connectivity index (χ2v) is 5.08. The van der Waals surface area contributed by atoms with E-state index >= 15 is 0 Å². The van der Waals surface area contributed by atoms with Crippen LogP contribution in [0, 0.1) is 11.8 Å². The maximum absolute atomic E-state index is 12.2. The van der Waals surface area contributed by atoms with Crippen LogP contribution in [0.3, 0.4) is 0 Å². The van der Waals surface area contributed by atoms with Crippen LogP contribution >= 0.6 is 0 Å². The third-order valence-electron chi connectivity index (χ3n) is 3.69. The highest BCUT2D eigenvalue weighted by molar-refractivity contribution is 5.78. The number of hydrogen-bond acceptors (Lipinski definition) is 2. The lowest BCUT2D eigenvalue weighted by atomic mass is 9.81. The summed E-state index contributed by atoms with van der Waals surface area (Å²) in [6.07, 6.45) is 6.69. The summed E-state index contributed by atoms with van der Waals surface area (Å²) in [5.41, 5.74) is 5.70. The fourth-order valence-corrected chi connectivity index (χ4v) is 2.55. The van der Waals surface area contributed by atoms with Crippen molar-refractivity contribution in [1.82, 2.24) is 4.90 Å². The van der Waals surface area contributed by atoms with Crippen LogP contribution in [0.1, 0.15) is 45.4 Å². The topological polar surface area (TPSA) is 46.3 Å². The van der Waals surface area contributed by atoms with E-state index in [1.807, 2.05) is 11.9 Å². The standard InChI is InChI=1S/C13H26N2O/c1-3-4-8-15(2)13(16)12-7-5-6-11(9-12)10-14/h11-12H,3-10,14H2,1-2H3. The van der Waals surface area contributed by atoms with Crippen LogP contribution in [0.15, 0.2) is 0 Å². The van der Waals surface area contributed by atoms with Gasteiger partial charge in [0, 0.05) is 19.5 Å². The summed E-state index contributed by atoms with van der Waals surface area (Å²) in [5.74, 6) is 1.15.